The Kier molecular flexibility index (Phi) is 4.63. The Hall–Kier alpha value is -2.23. The predicted molar refractivity (Wildman–Crippen MR) is 102 cm³/mol. The molecule has 3 nitrogen and oxygen atoms in total. The number of alkyl halides is 1. The van der Waals surface area contributed by atoms with E-state index >= 15 is 0 Å². The molecular formula is C21H26FN3. The van der Waals surface area contributed by atoms with Crippen molar-refractivity contribution in [3.05, 3.63) is 46.9 Å². The summed E-state index contributed by atoms with van der Waals surface area (Å²) in [6.45, 7) is 11.9. The van der Waals surface area contributed by atoms with Gasteiger partial charge in [-0.2, -0.15) is 0 Å². The van der Waals surface area contributed by atoms with Gasteiger partial charge in [-0.1, -0.05) is 13.8 Å². The third-order valence-electron chi connectivity index (χ3n) is 4.83. The Labute approximate surface area is 148 Å². The molecule has 3 aromatic heterocycles. The van der Waals surface area contributed by atoms with Crippen LogP contribution in [0.4, 0.5) is 4.39 Å². The van der Waals surface area contributed by atoms with Gasteiger partial charge in [-0.15, -0.1) is 0 Å². The highest BCUT2D eigenvalue weighted by atomic mass is 19.1. The minimum absolute atomic E-state index is 0.183. The average Bonchev–Trinajstić information content (AvgIpc) is 2.89. The number of hydrogen-bond donors (Lipinski definition) is 0. The maximum Gasteiger partial charge on any atom is 0.110 e. The van der Waals surface area contributed by atoms with Crippen molar-refractivity contribution in [3.8, 4) is 11.3 Å². The molecular weight excluding hydrogens is 313 g/mol. The number of hydrogen-bond acceptors (Lipinski definition) is 2. The van der Waals surface area contributed by atoms with Crippen molar-refractivity contribution in [3.63, 3.8) is 0 Å². The van der Waals surface area contributed by atoms with E-state index in [2.05, 4.69) is 39.0 Å². The van der Waals surface area contributed by atoms with Gasteiger partial charge in [0.2, 0.25) is 0 Å². The molecule has 0 aliphatic heterocycles. The third kappa shape index (κ3) is 3.06. The molecule has 1 atom stereocenters. The summed E-state index contributed by atoms with van der Waals surface area (Å²) >= 11 is 0. The molecule has 0 saturated carbocycles. The average molecular weight is 339 g/mol. The molecule has 0 N–H and O–H groups in total. The molecule has 25 heavy (non-hydrogen) atoms. The summed E-state index contributed by atoms with van der Waals surface area (Å²) in [6.07, 6.45) is 2.00. The lowest BCUT2D eigenvalue weighted by Gasteiger charge is -2.14. The fourth-order valence-corrected chi connectivity index (χ4v) is 3.29. The van der Waals surface area contributed by atoms with Crippen molar-refractivity contribution in [2.24, 2.45) is 0 Å². The summed E-state index contributed by atoms with van der Waals surface area (Å²) in [4.78, 5) is 9.68. The van der Waals surface area contributed by atoms with Crippen LogP contribution in [-0.4, -0.2) is 21.2 Å². The first-order valence-electron chi connectivity index (χ1n) is 8.86. The lowest BCUT2D eigenvalue weighted by molar-refractivity contribution is 0.383. The summed E-state index contributed by atoms with van der Waals surface area (Å²) in [6, 6.07) is 6.14. The monoisotopic (exact) mass is 339 g/mol. The standard InChI is InChI=1S/C21H26FN3/c1-12(2)18-8-7-17(16(6)23-18)20-13(3)9-19-21(24-20)14(4)11-25(19)15(5)10-22/h7-9,11-12,15H,10H2,1-6H3. The minimum atomic E-state index is -0.385. The third-order valence-corrected chi connectivity index (χ3v) is 4.83. The second-order valence-electron chi connectivity index (χ2n) is 7.27. The lowest BCUT2D eigenvalue weighted by atomic mass is 10.0. The minimum Gasteiger partial charge on any atom is -0.340 e. The van der Waals surface area contributed by atoms with Crippen LogP contribution in [-0.2, 0) is 0 Å². The Bertz CT molecular complexity index is 925. The number of rotatable bonds is 4. The van der Waals surface area contributed by atoms with Crippen LogP contribution in [0.2, 0.25) is 0 Å². The van der Waals surface area contributed by atoms with Crippen molar-refractivity contribution in [2.75, 3.05) is 6.67 Å². The quantitative estimate of drug-likeness (QED) is 0.612. The van der Waals surface area contributed by atoms with E-state index < -0.39 is 0 Å². The number of halogens is 1. The molecule has 0 aliphatic carbocycles. The highest BCUT2D eigenvalue weighted by Gasteiger charge is 2.16. The second kappa shape index (κ2) is 6.58. The first-order valence-corrected chi connectivity index (χ1v) is 8.86. The van der Waals surface area contributed by atoms with Gasteiger partial charge < -0.3 is 4.57 Å². The molecule has 3 heterocycles. The number of aryl methyl sites for hydroxylation is 3. The van der Waals surface area contributed by atoms with E-state index in [1.165, 1.54) is 0 Å². The highest BCUT2D eigenvalue weighted by Crippen LogP contribution is 2.31. The van der Waals surface area contributed by atoms with Crippen LogP contribution >= 0.6 is 0 Å². The van der Waals surface area contributed by atoms with Gasteiger partial charge in [-0.05, 0) is 62.9 Å². The van der Waals surface area contributed by atoms with Crippen molar-refractivity contribution < 1.29 is 4.39 Å². The topological polar surface area (TPSA) is 30.7 Å². The Morgan fingerprint density at radius 1 is 1.04 bits per heavy atom. The number of pyridine rings is 2. The normalized spacial score (nSPS) is 13.0. The molecule has 0 amide bonds. The van der Waals surface area contributed by atoms with Gasteiger partial charge in [-0.3, -0.25) is 4.98 Å². The Balaban J connectivity index is 2.18. The van der Waals surface area contributed by atoms with E-state index in [-0.39, 0.29) is 12.7 Å². The summed E-state index contributed by atoms with van der Waals surface area (Å²) in [5.41, 5.74) is 8.20. The fourth-order valence-electron chi connectivity index (χ4n) is 3.29. The van der Waals surface area contributed by atoms with Crippen molar-refractivity contribution in [1.82, 2.24) is 14.5 Å². The van der Waals surface area contributed by atoms with Gasteiger partial charge >= 0.3 is 0 Å². The second-order valence-corrected chi connectivity index (χ2v) is 7.27. The van der Waals surface area contributed by atoms with E-state index in [0.29, 0.717) is 5.92 Å². The van der Waals surface area contributed by atoms with Gasteiger partial charge in [0.25, 0.3) is 0 Å². The molecule has 0 spiro atoms. The molecule has 0 bridgehead atoms. The molecule has 1 unspecified atom stereocenters. The van der Waals surface area contributed by atoms with Gasteiger partial charge in [0, 0.05) is 23.1 Å². The zero-order valence-electron chi connectivity index (χ0n) is 15.9. The molecule has 3 rings (SSSR count). The van der Waals surface area contributed by atoms with Crippen LogP contribution in [0, 0.1) is 20.8 Å². The summed E-state index contributed by atoms with van der Waals surface area (Å²) in [5.74, 6) is 0.405. The molecule has 0 aliphatic rings. The lowest BCUT2D eigenvalue weighted by Crippen LogP contribution is -2.05. The van der Waals surface area contributed by atoms with E-state index in [4.69, 9.17) is 9.97 Å². The first kappa shape index (κ1) is 17.6. The summed E-state index contributed by atoms with van der Waals surface area (Å²) in [7, 11) is 0. The Morgan fingerprint density at radius 3 is 2.36 bits per heavy atom. The highest BCUT2D eigenvalue weighted by molar-refractivity contribution is 5.84. The van der Waals surface area contributed by atoms with Crippen LogP contribution < -0.4 is 0 Å². The van der Waals surface area contributed by atoms with Crippen LogP contribution in [0.25, 0.3) is 22.3 Å². The van der Waals surface area contributed by atoms with Crippen LogP contribution in [0.15, 0.2) is 24.4 Å². The molecule has 0 fully saturated rings. The number of fused-ring (bicyclic) bond motifs is 1. The van der Waals surface area contributed by atoms with Crippen LogP contribution in [0.1, 0.15) is 55.2 Å². The van der Waals surface area contributed by atoms with E-state index in [1.807, 2.05) is 31.5 Å². The zero-order valence-corrected chi connectivity index (χ0v) is 15.9. The van der Waals surface area contributed by atoms with Gasteiger partial charge in [0.15, 0.2) is 0 Å². The van der Waals surface area contributed by atoms with Gasteiger partial charge in [0.1, 0.15) is 6.67 Å². The zero-order chi connectivity index (χ0) is 18.3. The van der Waals surface area contributed by atoms with Gasteiger partial charge in [0.05, 0.1) is 22.8 Å². The van der Waals surface area contributed by atoms with Crippen molar-refractivity contribution in [1.29, 1.82) is 0 Å². The van der Waals surface area contributed by atoms with Crippen LogP contribution in [0.3, 0.4) is 0 Å². The number of aromatic nitrogens is 3. The fraction of sp³-hybridized carbons (Fsp3) is 0.429. The maximum absolute atomic E-state index is 13.2. The van der Waals surface area contributed by atoms with E-state index in [9.17, 15) is 4.39 Å². The SMILES string of the molecule is Cc1cc2c(nc1-c1ccc(C(C)C)nc1C)c(C)cn2C(C)CF. The smallest absolute Gasteiger partial charge is 0.110 e. The van der Waals surface area contributed by atoms with Crippen LogP contribution in [0.5, 0.6) is 0 Å². The Morgan fingerprint density at radius 2 is 1.76 bits per heavy atom. The molecule has 4 heteroatoms. The van der Waals surface area contributed by atoms with Crippen molar-refractivity contribution in [2.45, 2.75) is 53.5 Å². The number of nitrogens with zero attached hydrogens (tertiary/aromatic N) is 3. The molecule has 0 aromatic carbocycles. The molecule has 0 radical (unpaired) electrons. The van der Waals surface area contributed by atoms with Gasteiger partial charge in [-0.25, -0.2) is 9.37 Å². The van der Waals surface area contributed by atoms with E-state index in [1.54, 1.807) is 0 Å². The maximum atomic E-state index is 13.2. The predicted octanol–water partition coefficient (Wildman–Crippen LogP) is 5.68. The first-order chi connectivity index (χ1) is 11.8. The van der Waals surface area contributed by atoms with E-state index in [0.717, 1.165) is 44.8 Å². The molecule has 3 aromatic rings. The summed E-state index contributed by atoms with van der Waals surface area (Å²) in [5, 5.41) is 0. The molecule has 132 valence electrons. The van der Waals surface area contributed by atoms with Crippen molar-refractivity contribution >= 4 is 11.0 Å². The molecule has 0 saturated heterocycles. The summed E-state index contributed by atoms with van der Waals surface area (Å²) < 4.78 is 15.1. The largest absolute Gasteiger partial charge is 0.340 e.